The van der Waals surface area contributed by atoms with Crippen molar-refractivity contribution in [2.75, 3.05) is 33.3 Å². The molecule has 6 nitrogen and oxygen atoms in total. The minimum Gasteiger partial charge on any atom is -0.377 e. The van der Waals surface area contributed by atoms with Gasteiger partial charge in [0, 0.05) is 52.2 Å². The van der Waals surface area contributed by atoms with Gasteiger partial charge in [-0.15, -0.1) is 0 Å². The van der Waals surface area contributed by atoms with Crippen LogP contribution in [0.5, 0.6) is 0 Å². The molecule has 31 heavy (non-hydrogen) atoms. The molecule has 0 saturated carbocycles. The van der Waals surface area contributed by atoms with Gasteiger partial charge in [0.05, 0.1) is 6.61 Å². The van der Waals surface area contributed by atoms with Gasteiger partial charge in [0.1, 0.15) is 0 Å². The standard InChI is InChI=1S/C25H34N4O2/c1-3-31-19-22-11-9-21(10-12-22)16-27-25(26-2)28-17-23-15-24(30)29(18-23)14-13-20-7-5-4-6-8-20/h4-12,23H,3,13-19H2,1-2H3,(H2,26,27,28). The molecular formula is C25H34N4O2. The molecule has 0 aliphatic carbocycles. The summed E-state index contributed by atoms with van der Waals surface area (Å²) < 4.78 is 5.44. The summed E-state index contributed by atoms with van der Waals surface area (Å²) in [6.45, 7) is 6.39. The fourth-order valence-corrected chi connectivity index (χ4v) is 3.74. The summed E-state index contributed by atoms with van der Waals surface area (Å²) in [5, 5.41) is 6.73. The fourth-order valence-electron chi connectivity index (χ4n) is 3.74. The first-order valence-corrected chi connectivity index (χ1v) is 11.1. The number of guanidine groups is 1. The molecule has 1 saturated heterocycles. The van der Waals surface area contributed by atoms with Crippen LogP contribution < -0.4 is 10.6 Å². The van der Waals surface area contributed by atoms with Gasteiger partial charge < -0.3 is 20.3 Å². The molecule has 1 fully saturated rings. The Kier molecular flexibility index (Phi) is 8.91. The van der Waals surface area contributed by atoms with E-state index in [9.17, 15) is 4.79 Å². The lowest BCUT2D eigenvalue weighted by Crippen LogP contribution is -2.40. The number of rotatable bonds is 10. The number of amides is 1. The SMILES string of the molecule is CCOCc1ccc(CNC(=NC)NCC2CC(=O)N(CCc3ccccc3)C2)cc1. The van der Waals surface area contributed by atoms with E-state index in [2.05, 4.69) is 52.0 Å². The summed E-state index contributed by atoms with van der Waals surface area (Å²) in [7, 11) is 1.77. The van der Waals surface area contributed by atoms with E-state index in [4.69, 9.17) is 4.74 Å². The van der Waals surface area contributed by atoms with Gasteiger partial charge in [-0.1, -0.05) is 54.6 Å². The summed E-state index contributed by atoms with van der Waals surface area (Å²) in [5.41, 5.74) is 3.63. The molecule has 0 spiro atoms. The van der Waals surface area contributed by atoms with Crippen molar-refractivity contribution in [2.45, 2.75) is 32.9 Å². The first-order chi connectivity index (χ1) is 15.2. The van der Waals surface area contributed by atoms with Crippen molar-refractivity contribution >= 4 is 11.9 Å². The van der Waals surface area contributed by atoms with Crippen LogP contribution >= 0.6 is 0 Å². The highest BCUT2D eigenvalue weighted by Gasteiger charge is 2.29. The minimum atomic E-state index is 0.248. The highest BCUT2D eigenvalue weighted by molar-refractivity contribution is 5.80. The number of likely N-dealkylation sites (tertiary alicyclic amines) is 1. The molecule has 2 aromatic rings. The lowest BCUT2D eigenvalue weighted by molar-refractivity contribution is -0.127. The quantitative estimate of drug-likeness (QED) is 0.456. The zero-order valence-corrected chi connectivity index (χ0v) is 18.6. The highest BCUT2D eigenvalue weighted by Crippen LogP contribution is 2.17. The average Bonchev–Trinajstić information content (AvgIpc) is 3.17. The molecule has 1 aliphatic heterocycles. The van der Waals surface area contributed by atoms with Crippen molar-refractivity contribution < 1.29 is 9.53 Å². The van der Waals surface area contributed by atoms with Gasteiger partial charge in [-0.2, -0.15) is 0 Å². The Morgan fingerprint density at radius 1 is 1.06 bits per heavy atom. The second kappa shape index (κ2) is 12.1. The van der Waals surface area contributed by atoms with Crippen LogP contribution in [0.1, 0.15) is 30.0 Å². The summed E-state index contributed by atoms with van der Waals surface area (Å²) in [5.74, 6) is 1.31. The maximum absolute atomic E-state index is 12.4. The van der Waals surface area contributed by atoms with E-state index in [1.807, 2.05) is 30.0 Å². The van der Waals surface area contributed by atoms with Crippen LogP contribution in [0.15, 0.2) is 59.6 Å². The van der Waals surface area contributed by atoms with Crippen LogP contribution in [0, 0.1) is 5.92 Å². The number of hydrogen-bond acceptors (Lipinski definition) is 3. The molecule has 1 heterocycles. The molecule has 3 rings (SSSR count). The van der Waals surface area contributed by atoms with E-state index in [0.717, 1.165) is 38.6 Å². The lowest BCUT2D eigenvalue weighted by Gasteiger charge is -2.18. The Bertz CT molecular complexity index is 836. The van der Waals surface area contributed by atoms with Gasteiger partial charge in [-0.3, -0.25) is 9.79 Å². The van der Waals surface area contributed by atoms with Crippen molar-refractivity contribution in [1.29, 1.82) is 0 Å². The molecule has 1 unspecified atom stereocenters. The first kappa shape index (κ1) is 22.8. The molecule has 0 radical (unpaired) electrons. The van der Waals surface area contributed by atoms with Gasteiger partial charge >= 0.3 is 0 Å². The predicted octanol–water partition coefficient (Wildman–Crippen LogP) is 2.98. The number of hydrogen-bond donors (Lipinski definition) is 2. The molecule has 0 bridgehead atoms. The molecule has 2 N–H and O–H groups in total. The van der Waals surface area contributed by atoms with Crippen LogP contribution in [0.25, 0.3) is 0 Å². The van der Waals surface area contributed by atoms with Gasteiger partial charge in [0.25, 0.3) is 0 Å². The third kappa shape index (κ3) is 7.40. The Morgan fingerprint density at radius 3 is 2.52 bits per heavy atom. The van der Waals surface area contributed by atoms with Crippen LogP contribution in [0.3, 0.4) is 0 Å². The van der Waals surface area contributed by atoms with Crippen molar-refractivity contribution in [1.82, 2.24) is 15.5 Å². The predicted molar refractivity (Wildman–Crippen MR) is 125 cm³/mol. The fraction of sp³-hybridized carbons (Fsp3) is 0.440. The summed E-state index contributed by atoms with van der Waals surface area (Å²) in [6.07, 6.45) is 1.50. The smallest absolute Gasteiger partial charge is 0.223 e. The Hall–Kier alpha value is -2.86. The van der Waals surface area contributed by atoms with E-state index in [0.29, 0.717) is 25.5 Å². The van der Waals surface area contributed by atoms with Crippen LogP contribution in [-0.4, -0.2) is 50.1 Å². The van der Waals surface area contributed by atoms with Crippen molar-refractivity contribution in [3.8, 4) is 0 Å². The number of nitrogens with zero attached hydrogens (tertiary/aromatic N) is 2. The number of aliphatic imine (C=N–C) groups is 1. The number of ether oxygens (including phenoxy) is 1. The summed E-state index contributed by atoms with van der Waals surface area (Å²) in [6, 6.07) is 18.7. The number of carbonyl (C=O) groups excluding carboxylic acids is 1. The maximum Gasteiger partial charge on any atom is 0.223 e. The van der Waals surface area contributed by atoms with E-state index in [1.165, 1.54) is 16.7 Å². The second-order valence-corrected chi connectivity index (χ2v) is 7.91. The largest absolute Gasteiger partial charge is 0.377 e. The summed E-state index contributed by atoms with van der Waals surface area (Å²) in [4.78, 5) is 18.7. The molecule has 2 aromatic carbocycles. The van der Waals surface area contributed by atoms with Crippen molar-refractivity contribution in [3.05, 3.63) is 71.3 Å². The summed E-state index contributed by atoms with van der Waals surface area (Å²) >= 11 is 0. The molecule has 0 aromatic heterocycles. The van der Waals surface area contributed by atoms with Gasteiger partial charge in [-0.25, -0.2) is 0 Å². The van der Waals surface area contributed by atoms with E-state index in [-0.39, 0.29) is 5.91 Å². The number of nitrogens with one attached hydrogen (secondary N) is 2. The average molecular weight is 423 g/mol. The van der Waals surface area contributed by atoms with Crippen LogP contribution in [0.2, 0.25) is 0 Å². The Balaban J connectivity index is 1.38. The third-order valence-corrected chi connectivity index (χ3v) is 5.55. The highest BCUT2D eigenvalue weighted by atomic mass is 16.5. The molecular weight excluding hydrogens is 388 g/mol. The minimum absolute atomic E-state index is 0.248. The topological polar surface area (TPSA) is 66.0 Å². The van der Waals surface area contributed by atoms with Crippen molar-refractivity contribution in [2.24, 2.45) is 10.9 Å². The van der Waals surface area contributed by atoms with Crippen molar-refractivity contribution in [3.63, 3.8) is 0 Å². The number of carbonyl (C=O) groups is 1. The Morgan fingerprint density at radius 2 is 1.81 bits per heavy atom. The van der Waals surface area contributed by atoms with Crippen LogP contribution in [-0.2, 0) is 29.1 Å². The molecule has 1 aliphatic rings. The number of benzene rings is 2. The van der Waals surface area contributed by atoms with Crippen LogP contribution in [0.4, 0.5) is 0 Å². The zero-order chi connectivity index (χ0) is 21.9. The van der Waals surface area contributed by atoms with Gasteiger partial charge in [-0.05, 0) is 30.0 Å². The Labute approximate surface area is 185 Å². The molecule has 1 amide bonds. The zero-order valence-electron chi connectivity index (χ0n) is 18.6. The van der Waals surface area contributed by atoms with E-state index in [1.54, 1.807) is 7.05 Å². The second-order valence-electron chi connectivity index (χ2n) is 7.91. The van der Waals surface area contributed by atoms with Gasteiger partial charge in [0.15, 0.2) is 5.96 Å². The molecule has 6 heteroatoms. The van der Waals surface area contributed by atoms with E-state index >= 15 is 0 Å². The maximum atomic E-state index is 12.4. The van der Waals surface area contributed by atoms with Gasteiger partial charge in [0.2, 0.25) is 5.91 Å². The lowest BCUT2D eigenvalue weighted by atomic mass is 10.1. The van der Waals surface area contributed by atoms with E-state index < -0.39 is 0 Å². The molecule has 1 atom stereocenters. The monoisotopic (exact) mass is 422 g/mol. The third-order valence-electron chi connectivity index (χ3n) is 5.55. The normalized spacial score (nSPS) is 16.6. The molecule has 166 valence electrons. The first-order valence-electron chi connectivity index (χ1n) is 11.1.